The monoisotopic (exact) mass is 498 g/mol. The molecular formula is C24H26N4O6S. The van der Waals surface area contributed by atoms with Crippen molar-refractivity contribution in [3.63, 3.8) is 0 Å². The van der Waals surface area contributed by atoms with E-state index in [0.29, 0.717) is 17.1 Å². The molecule has 0 saturated heterocycles. The first-order chi connectivity index (χ1) is 16.5. The van der Waals surface area contributed by atoms with Crippen molar-refractivity contribution < 1.29 is 22.6 Å². The van der Waals surface area contributed by atoms with Crippen molar-refractivity contribution in [3.05, 3.63) is 82.1 Å². The summed E-state index contributed by atoms with van der Waals surface area (Å²) >= 11 is 0. The molecule has 1 aromatic heterocycles. The molecule has 1 atom stereocenters. The summed E-state index contributed by atoms with van der Waals surface area (Å²) in [6.45, 7) is 5.61. The molecule has 0 radical (unpaired) electrons. The van der Waals surface area contributed by atoms with Gasteiger partial charge < -0.3 is 4.42 Å². The fourth-order valence-corrected chi connectivity index (χ4v) is 4.42. The van der Waals surface area contributed by atoms with Gasteiger partial charge in [0, 0.05) is 17.7 Å². The van der Waals surface area contributed by atoms with Gasteiger partial charge in [0.05, 0.1) is 16.0 Å². The lowest BCUT2D eigenvalue weighted by Crippen LogP contribution is -2.46. The molecule has 1 heterocycles. The number of sulfonamides is 1. The van der Waals surface area contributed by atoms with Gasteiger partial charge in [0.2, 0.25) is 10.0 Å². The molecule has 35 heavy (non-hydrogen) atoms. The number of non-ortho nitro benzene ring substituents is 1. The molecule has 0 fully saturated rings. The minimum Gasteiger partial charge on any atom is -0.455 e. The number of hydrazone groups is 1. The van der Waals surface area contributed by atoms with Gasteiger partial charge in [0.25, 0.3) is 11.6 Å². The average Bonchev–Trinajstić information content (AvgIpc) is 3.27. The second-order valence-electron chi connectivity index (χ2n) is 8.36. The summed E-state index contributed by atoms with van der Waals surface area (Å²) in [5.41, 5.74) is 3.89. The summed E-state index contributed by atoms with van der Waals surface area (Å²) in [6, 6.07) is 14.5. The van der Waals surface area contributed by atoms with E-state index >= 15 is 0 Å². The van der Waals surface area contributed by atoms with Gasteiger partial charge in [-0.3, -0.25) is 14.9 Å². The zero-order valence-electron chi connectivity index (χ0n) is 19.5. The van der Waals surface area contributed by atoms with Crippen LogP contribution in [0.3, 0.4) is 0 Å². The van der Waals surface area contributed by atoms with E-state index < -0.39 is 26.9 Å². The van der Waals surface area contributed by atoms with Gasteiger partial charge in [-0.1, -0.05) is 31.5 Å². The highest BCUT2D eigenvalue weighted by molar-refractivity contribution is 7.89. The molecule has 0 aliphatic rings. The molecule has 0 unspecified atom stereocenters. The topological polar surface area (TPSA) is 144 Å². The Morgan fingerprint density at radius 2 is 1.74 bits per heavy atom. The van der Waals surface area contributed by atoms with Crippen molar-refractivity contribution in [3.8, 4) is 11.3 Å². The van der Waals surface area contributed by atoms with Crippen LogP contribution in [0, 0.1) is 23.0 Å². The maximum Gasteiger partial charge on any atom is 0.269 e. The summed E-state index contributed by atoms with van der Waals surface area (Å²) in [4.78, 5) is 23.1. The zero-order chi connectivity index (χ0) is 25.6. The second kappa shape index (κ2) is 11.1. The highest BCUT2D eigenvalue weighted by Gasteiger charge is 2.26. The lowest BCUT2D eigenvalue weighted by molar-refractivity contribution is -0.384. The van der Waals surface area contributed by atoms with E-state index in [4.69, 9.17) is 4.42 Å². The van der Waals surface area contributed by atoms with Crippen LogP contribution in [-0.4, -0.2) is 31.5 Å². The fourth-order valence-electron chi connectivity index (χ4n) is 3.22. The van der Waals surface area contributed by atoms with Gasteiger partial charge in [-0.25, -0.2) is 13.8 Å². The third-order valence-electron chi connectivity index (χ3n) is 5.01. The number of furan rings is 1. The van der Waals surface area contributed by atoms with Crippen LogP contribution in [-0.2, 0) is 14.8 Å². The van der Waals surface area contributed by atoms with Gasteiger partial charge in [0.1, 0.15) is 17.6 Å². The van der Waals surface area contributed by atoms with E-state index in [9.17, 15) is 23.3 Å². The molecule has 0 spiro atoms. The van der Waals surface area contributed by atoms with Crippen LogP contribution >= 0.6 is 0 Å². The first-order valence-corrected chi connectivity index (χ1v) is 12.3. The van der Waals surface area contributed by atoms with Crippen molar-refractivity contribution in [1.82, 2.24) is 10.1 Å². The van der Waals surface area contributed by atoms with Crippen LogP contribution in [0.4, 0.5) is 5.69 Å². The van der Waals surface area contributed by atoms with Crippen molar-refractivity contribution in [2.75, 3.05) is 0 Å². The van der Waals surface area contributed by atoms with Crippen LogP contribution in [0.15, 0.2) is 75.1 Å². The Kier molecular flexibility index (Phi) is 8.15. The SMILES string of the molecule is Cc1ccc(S(=O)(=O)N[C@H](CC(C)C)C(=O)N/N=C\c2ccc(-c3ccc([N+](=O)[O-])cc3)o2)cc1. The summed E-state index contributed by atoms with van der Waals surface area (Å²) < 4.78 is 33.6. The van der Waals surface area contributed by atoms with Gasteiger partial charge in [0.15, 0.2) is 0 Å². The molecule has 184 valence electrons. The number of hydrogen-bond acceptors (Lipinski definition) is 7. The quantitative estimate of drug-likeness (QED) is 0.246. The molecule has 0 bridgehead atoms. The molecule has 10 nitrogen and oxygen atoms in total. The van der Waals surface area contributed by atoms with Crippen molar-refractivity contribution in [1.29, 1.82) is 0 Å². The number of hydrogen-bond donors (Lipinski definition) is 2. The maximum absolute atomic E-state index is 12.7. The first-order valence-electron chi connectivity index (χ1n) is 10.8. The first kappa shape index (κ1) is 25.8. The van der Waals surface area contributed by atoms with E-state index in [-0.39, 0.29) is 22.9 Å². The van der Waals surface area contributed by atoms with Crippen LogP contribution in [0.2, 0.25) is 0 Å². The number of amides is 1. The van der Waals surface area contributed by atoms with Gasteiger partial charge in [-0.05, 0) is 55.7 Å². The second-order valence-corrected chi connectivity index (χ2v) is 10.1. The number of nitrogens with one attached hydrogen (secondary N) is 2. The number of carbonyl (C=O) groups is 1. The van der Waals surface area contributed by atoms with Gasteiger partial charge >= 0.3 is 0 Å². The van der Waals surface area contributed by atoms with Crippen molar-refractivity contribution >= 4 is 27.8 Å². The number of carbonyl (C=O) groups excluding carboxylic acids is 1. The molecule has 2 aromatic carbocycles. The molecule has 11 heteroatoms. The average molecular weight is 499 g/mol. The third-order valence-corrected chi connectivity index (χ3v) is 6.50. The molecule has 0 aliphatic heterocycles. The Hall–Kier alpha value is -3.83. The highest BCUT2D eigenvalue weighted by atomic mass is 32.2. The van der Waals surface area contributed by atoms with E-state index in [1.807, 2.05) is 20.8 Å². The summed E-state index contributed by atoms with van der Waals surface area (Å²) in [5.74, 6) is 0.244. The van der Waals surface area contributed by atoms with Crippen LogP contribution in [0.25, 0.3) is 11.3 Å². The molecule has 0 saturated carbocycles. The summed E-state index contributed by atoms with van der Waals surface area (Å²) in [5, 5.41) is 14.7. The van der Waals surface area contributed by atoms with E-state index in [0.717, 1.165) is 5.56 Å². The predicted molar refractivity (Wildman–Crippen MR) is 131 cm³/mol. The van der Waals surface area contributed by atoms with E-state index in [2.05, 4.69) is 15.2 Å². The van der Waals surface area contributed by atoms with Crippen molar-refractivity contribution in [2.45, 2.75) is 38.1 Å². The minimum atomic E-state index is -3.90. The maximum atomic E-state index is 12.7. The molecule has 2 N–H and O–H groups in total. The van der Waals surface area contributed by atoms with Crippen LogP contribution in [0.1, 0.15) is 31.6 Å². The summed E-state index contributed by atoms with van der Waals surface area (Å²) in [6.07, 6.45) is 1.56. The number of benzene rings is 2. The molecule has 3 aromatic rings. The molecule has 1 amide bonds. The molecule has 0 aliphatic carbocycles. The fraction of sp³-hybridized carbons (Fsp3) is 0.250. The number of nitro groups is 1. The Morgan fingerprint density at radius 1 is 1.09 bits per heavy atom. The standard InChI is InChI=1S/C24H26N4O6S/c1-16(2)14-22(27-35(32,33)21-11-4-17(3)5-12-21)24(29)26-25-15-20-10-13-23(34-20)18-6-8-19(9-7-18)28(30)31/h4-13,15-16,22,27H,14H2,1-3H3,(H,26,29)/b25-15-/t22-/m1/s1. The van der Waals surface area contributed by atoms with Crippen LogP contribution < -0.4 is 10.1 Å². The Morgan fingerprint density at radius 3 is 2.34 bits per heavy atom. The zero-order valence-corrected chi connectivity index (χ0v) is 20.3. The molecular weight excluding hydrogens is 472 g/mol. The van der Waals surface area contributed by atoms with Crippen molar-refractivity contribution in [2.24, 2.45) is 11.0 Å². The Balaban J connectivity index is 1.66. The normalized spacial score (nSPS) is 12.7. The third kappa shape index (κ3) is 7.08. The lowest BCUT2D eigenvalue weighted by Gasteiger charge is -2.19. The van der Waals surface area contributed by atoms with Gasteiger partial charge in [-0.2, -0.15) is 9.82 Å². The molecule has 3 rings (SSSR count). The van der Waals surface area contributed by atoms with Gasteiger partial charge in [-0.15, -0.1) is 0 Å². The number of aryl methyl sites for hydroxylation is 1. The number of rotatable bonds is 10. The number of nitrogens with zero attached hydrogens (tertiary/aromatic N) is 2. The van der Waals surface area contributed by atoms with E-state index in [1.54, 1.807) is 36.4 Å². The lowest BCUT2D eigenvalue weighted by atomic mass is 10.0. The largest absolute Gasteiger partial charge is 0.455 e. The van der Waals surface area contributed by atoms with E-state index in [1.165, 1.54) is 30.5 Å². The smallest absolute Gasteiger partial charge is 0.269 e. The Bertz CT molecular complexity index is 1310. The Labute approximate surface area is 203 Å². The highest BCUT2D eigenvalue weighted by Crippen LogP contribution is 2.24. The van der Waals surface area contributed by atoms with Crippen LogP contribution in [0.5, 0.6) is 0 Å². The number of nitro benzene ring substituents is 1. The minimum absolute atomic E-state index is 0.0289. The predicted octanol–water partition coefficient (Wildman–Crippen LogP) is 4.01. The summed E-state index contributed by atoms with van der Waals surface area (Å²) in [7, 11) is -3.90.